The summed E-state index contributed by atoms with van der Waals surface area (Å²) in [7, 11) is 0. The summed E-state index contributed by atoms with van der Waals surface area (Å²) in [5, 5.41) is 5.19. The molecule has 0 aliphatic heterocycles. The van der Waals surface area contributed by atoms with Crippen molar-refractivity contribution in [3.8, 4) is 0 Å². The third-order valence-electron chi connectivity index (χ3n) is 2.62. The number of hydrogen-bond donors (Lipinski definition) is 2. The van der Waals surface area contributed by atoms with Gasteiger partial charge < -0.3 is 15.5 Å². The second-order valence-corrected chi connectivity index (χ2v) is 4.82. The van der Waals surface area contributed by atoms with E-state index in [1.54, 1.807) is 0 Å². The zero-order valence-corrected chi connectivity index (χ0v) is 12.2. The quantitative estimate of drug-likeness (QED) is 0.874. The van der Waals surface area contributed by atoms with Gasteiger partial charge >= 0.3 is 6.03 Å². The topological polar surface area (TPSA) is 61.4 Å². The standard InChI is InChI=1S/C14H19F2N3O2/c1-9(2)18-14(21)17-6-7-19(10(3)20)13-5-4-11(15)8-12(13)16/h4-5,8-9H,6-7H2,1-3H3,(H2,17,18,21). The van der Waals surface area contributed by atoms with Crippen LogP contribution in [0.1, 0.15) is 20.8 Å². The minimum absolute atomic E-state index is 0.0107. The van der Waals surface area contributed by atoms with Gasteiger partial charge in [0.1, 0.15) is 11.6 Å². The summed E-state index contributed by atoms with van der Waals surface area (Å²) >= 11 is 0. The highest BCUT2D eigenvalue weighted by atomic mass is 19.1. The lowest BCUT2D eigenvalue weighted by atomic mass is 10.2. The number of anilines is 1. The monoisotopic (exact) mass is 299 g/mol. The molecule has 3 amide bonds. The summed E-state index contributed by atoms with van der Waals surface area (Å²) < 4.78 is 26.6. The van der Waals surface area contributed by atoms with Gasteiger partial charge in [-0.05, 0) is 26.0 Å². The Kier molecular flexibility index (Phi) is 6.08. The van der Waals surface area contributed by atoms with Crippen LogP contribution in [-0.4, -0.2) is 31.1 Å². The van der Waals surface area contributed by atoms with Crippen molar-refractivity contribution in [2.24, 2.45) is 0 Å². The fourth-order valence-electron chi connectivity index (χ4n) is 1.74. The van der Waals surface area contributed by atoms with Crippen LogP contribution in [-0.2, 0) is 4.79 Å². The summed E-state index contributed by atoms with van der Waals surface area (Å²) in [6, 6.07) is 2.61. The molecule has 116 valence electrons. The first-order valence-corrected chi connectivity index (χ1v) is 6.58. The molecule has 0 unspecified atom stereocenters. The smallest absolute Gasteiger partial charge is 0.315 e. The lowest BCUT2D eigenvalue weighted by Crippen LogP contribution is -2.43. The van der Waals surface area contributed by atoms with Gasteiger partial charge in [0.15, 0.2) is 0 Å². The van der Waals surface area contributed by atoms with Gasteiger partial charge in [-0.25, -0.2) is 13.6 Å². The van der Waals surface area contributed by atoms with Gasteiger partial charge in [0.2, 0.25) is 5.91 Å². The minimum atomic E-state index is -0.822. The normalized spacial score (nSPS) is 10.4. The molecule has 0 aromatic heterocycles. The first-order valence-electron chi connectivity index (χ1n) is 6.58. The highest BCUT2D eigenvalue weighted by molar-refractivity contribution is 5.91. The number of rotatable bonds is 5. The molecule has 0 heterocycles. The van der Waals surface area contributed by atoms with E-state index in [9.17, 15) is 18.4 Å². The molecular weight excluding hydrogens is 280 g/mol. The Morgan fingerprint density at radius 1 is 1.29 bits per heavy atom. The van der Waals surface area contributed by atoms with Gasteiger partial charge in [0.05, 0.1) is 5.69 Å². The molecule has 0 bridgehead atoms. The Balaban J connectivity index is 2.67. The van der Waals surface area contributed by atoms with E-state index in [0.29, 0.717) is 6.07 Å². The van der Waals surface area contributed by atoms with Crippen LogP contribution >= 0.6 is 0 Å². The molecule has 1 aromatic rings. The number of urea groups is 1. The summed E-state index contributed by atoms with van der Waals surface area (Å²) in [6.45, 7) is 5.14. The van der Waals surface area contributed by atoms with Gasteiger partial charge in [-0.2, -0.15) is 0 Å². The highest BCUT2D eigenvalue weighted by Gasteiger charge is 2.16. The van der Waals surface area contributed by atoms with Crippen molar-refractivity contribution >= 4 is 17.6 Å². The SMILES string of the molecule is CC(=O)N(CCNC(=O)NC(C)C)c1ccc(F)cc1F. The number of amides is 3. The number of benzene rings is 1. The molecule has 0 atom stereocenters. The van der Waals surface area contributed by atoms with Crippen molar-refractivity contribution in [1.82, 2.24) is 10.6 Å². The van der Waals surface area contributed by atoms with Crippen LogP contribution < -0.4 is 15.5 Å². The molecule has 0 saturated carbocycles. The van der Waals surface area contributed by atoms with Crippen LogP contribution in [0.4, 0.5) is 19.3 Å². The zero-order chi connectivity index (χ0) is 16.0. The summed E-state index contributed by atoms with van der Waals surface area (Å²) in [5.74, 6) is -1.93. The Bertz CT molecular complexity index is 521. The molecule has 1 aromatic carbocycles. The number of nitrogens with one attached hydrogen (secondary N) is 2. The number of carbonyl (C=O) groups excluding carboxylic acids is 2. The van der Waals surface area contributed by atoms with Gasteiger partial charge in [-0.3, -0.25) is 4.79 Å². The zero-order valence-electron chi connectivity index (χ0n) is 12.2. The second kappa shape index (κ2) is 7.56. The second-order valence-electron chi connectivity index (χ2n) is 4.82. The predicted octanol–water partition coefficient (Wildman–Crippen LogP) is 2.03. The number of carbonyl (C=O) groups is 2. The first-order chi connectivity index (χ1) is 9.81. The van der Waals surface area contributed by atoms with E-state index in [4.69, 9.17) is 0 Å². The van der Waals surface area contributed by atoms with Crippen LogP contribution in [0.3, 0.4) is 0 Å². The Hall–Kier alpha value is -2.18. The molecule has 2 N–H and O–H groups in total. The molecule has 1 rings (SSSR count). The van der Waals surface area contributed by atoms with Crippen molar-refractivity contribution in [3.05, 3.63) is 29.8 Å². The molecule has 21 heavy (non-hydrogen) atoms. The maximum atomic E-state index is 13.7. The van der Waals surface area contributed by atoms with E-state index in [0.717, 1.165) is 11.0 Å². The maximum Gasteiger partial charge on any atom is 0.315 e. The lowest BCUT2D eigenvalue weighted by molar-refractivity contribution is -0.116. The van der Waals surface area contributed by atoms with E-state index in [-0.39, 0.29) is 30.8 Å². The molecule has 0 aliphatic carbocycles. The van der Waals surface area contributed by atoms with Gasteiger partial charge in [-0.15, -0.1) is 0 Å². The fourth-order valence-corrected chi connectivity index (χ4v) is 1.74. The predicted molar refractivity (Wildman–Crippen MR) is 76.1 cm³/mol. The largest absolute Gasteiger partial charge is 0.336 e. The molecule has 5 nitrogen and oxygen atoms in total. The van der Waals surface area contributed by atoms with Crippen LogP contribution in [0.5, 0.6) is 0 Å². The summed E-state index contributed by atoms with van der Waals surface area (Å²) in [6.07, 6.45) is 0. The lowest BCUT2D eigenvalue weighted by Gasteiger charge is -2.22. The summed E-state index contributed by atoms with van der Waals surface area (Å²) in [4.78, 5) is 24.1. The highest BCUT2D eigenvalue weighted by Crippen LogP contribution is 2.20. The molecule has 0 spiro atoms. The minimum Gasteiger partial charge on any atom is -0.336 e. The van der Waals surface area contributed by atoms with Crippen LogP contribution in [0, 0.1) is 11.6 Å². The third kappa shape index (κ3) is 5.37. The van der Waals surface area contributed by atoms with E-state index in [1.807, 2.05) is 13.8 Å². The molecule has 0 fully saturated rings. The van der Waals surface area contributed by atoms with E-state index < -0.39 is 17.5 Å². The Morgan fingerprint density at radius 3 is 2.48 bits per heavy atom. The summed E-state index contributed by atoms with van der Waals surface area (Å²) in [5.41, 5.74) is -0.0185. The van der Waals surface area contributed by atoms with Crippen molar-refractivity contribution < 1.29 is 18.4 Å². The van der Waals surface area contributed by atoms with E-state index >= 15 is 0 Å². The van der Waals surface area contributed by atoms with E-state index in [1.165, 1.54) is 13.0 Å². The third-order valence-corrected chi connectivity index (χ3v) is 2.62. The van der Waals surface area contributed by atoms with Crippen molar-refractivity contribution in [2.75, 3.05) is 18.0 Å². The van der Waals surface area contributed by atoms with Crippen molar-refractivity contribution in [3.63, 3.8) is 0 Å². The fraction of sp³-hybridized carbons (Fsp3) is 0.429. The molecule has 0 aliphatic rings. The Morgan fingerprint density at radius 2 is 1.95 bits per heavy atom. The molecular formula is C14H19F2N3O2. The number of hydrogen-bond acceptors (Lipinski definition) is 2. The van der Waals surface area contributed by atoms with Crippen LogP contribution in [0.15, 0.2) is 18.2 Å². The van der Waals surface area contributed by atoms with Gasteiger partial charge in [-0.1, -0.05) is 0 Å². The van der Waals surface area contributed by atoms with Gasteiger partial charge in [0.25, 0.3) is 0 Å². The van der Waals surface area contributed by atoms with E-state index in [2.05, 4.69) is 10.6 Å². The number of halogens is 2. The maximum absolute atomic E-state index is 13.7. The molecule has 0 radical (unpaired) electrons. The average Bonchev–Trinajstić information content (AvgIpc) is 2.34. The molecule has 7 heteroatoms. The average molecular weight is 299 g/mol. The van der Waals surface area contributed by atoms with Crippen LogP contribution in [0.25, 0.3) is 0 Å². The molecule has 0 saturated heterocycles. The van der Waals surface area contributed by atoms with Gasteiger partial charge in [0, 0.05) is 32.1 Å². The van der Waals surface area contributed by atoms with Crippen molar-refractivity contribution in [2.45, 2.75) is 26.8 Å². The Labute approximate surface area is 122 Å². The number of nitrogens with zero attached hydrogens (tertiary/aromatic N) is 1. The van der Waals surface area contributed by atoms with Crippen LogP contribution in [0.2, 0.25) is 0 Å². The van der Waals surface area contributed by atoms with Crippen molar-refractivity contribution in [1.29, 1.82) is 0 Å². The first kappa shape index (κ1) is 16.9.